The summed E-state index contributed by atoms with van der Waals surface area (Å²) < 4.78 is 24.5. The van der Waals surface area contributed by atoms with E-state index in [4.69, 9.17) is 30.0 Å². The fourth-order valence-corrected chi connectivity index (χ4v) is 11.2. The summed E-state index contributed by atoms with van der Waals surface area (Å²) in [5, 5.41) is 47.6. The van der Waals surface area contributed by atoms with Crippen LogP contribution < -0.4 is 40.0 Å². The molecule has 14 aromatic heterocycles. The van der Waals surface area contributed by atoms with E-state index in [1.807, 2.05) is 149 Å². The first kappa shape index (κ1) is 96.1. The van der Waals surface area contributed by atoms with Crippen LogP contribution in [0.4, 0.5) is 14.4 Å². The largest absolute Gasteiger partial charge is 1.00 e. The Morgan fingerprint density at radius 2 is 0.702 bits per heavy atom. The number of nitrogens with one attached hydrogen (secondary N) is 5. The molecule has 0 aliphatic heterocycles. The maximum Gasteiger partial charge on any atom is 1.00 e. The zero-order valence-corrected chi connectivity index (χ0v) is 72.2. The van der Waals surface area contributed by atoms with E-state index in [-0.39, 0.29) is 79.4 Å². The normalized spacial score (nSPS) is 10.4. The van der Waals surface area contributed by atoms with Gasteiger partial charge in [-0.3, -0.25) is 63.7 Å². The van der Waals surface area contributed by atoms with E-state index in [2.05, 4.69) is 77.0 Å². The first-order valence-electron chi connectivity index (χ1n) is 38.1. The summed E-state index contributed by atoms with van der Waals surface area (Å²) in [5.74, 6) is -1.66. The maximum absolute atomic E-state index is 12.2. The number of carbonyl (C=O) groups excluding carboxylic acids is 7. The molecule has 1 amide bonds. The molecule has 31 nitrogen and oxygen atoms in total. The molecule has 628 valence electrons. The number of aldehydes is 1. The van der Waals surface area contributed by atoms with Crippen LogP contribution in [0.1, 0.15) is 107 Å². The summed E-state index contributed by atoms with van der Waals surface area (Å²) in [6, 6.07) is 43.3. The van der Waals surface area contributed by atoms with Gasteiger partial charge in [0, 0.05) is 188 Å². The summed E-state index contributed by atoms with van der Waals surface area (Å²) in [6.07, 6.45) is 37.7. The summed E-state index contributed by atoms with van der Waals surface area (Å²) in [7, 11) is 1.38. The third-order valence-corrected chi connectivity index (χ3v) is 16.7. The fraction of sp³-hybridized carbons (Fsp3) is 0.207. The van der Waals surface area contributed by atoms with Gasteiger partial charge in [0.15, 0.2) is 12.5 Å². The summed E-state index contributed by atoms with van der Waals surface area (Å²) >= 11 is 0. The monoisotopic (exact) mass is 1680 g/mol. The number of aliphatic carboxylic acids is 1. The van der Waals surface area contributed by atoms with Crippen molar-refractivity contribution < 1.29 is 92.3 Å². The van der Waals surface area contributed by atoms with Gasteiger partial charge in [0.25, 0.3) is 0 Å². The number of rotatable bonds is 17. The van der Waals surface area contributed by atoms with Crippen molar-refractivity contribution in [1.29, 1.82) is 15.8 Å². The molecular formula is C92H91N18NaO13. The van der Waals surface area contributed by atoms with Gasteiger partial charge in [0.1, 0.15) is 16.8 Å². The van der Waals surface area contributed by atoms with Gasteiger partial charge in [-0.05, 0) is 251 Å². The van der Waals surface area contributed by atoms with Crippen LogP contribution in [0.25, 0.3) is 77.9 Å². The molecule has 0 aromatic carbocycles. The van der Waals surface area contributed by atoms with E-state index in [0.29, 0.717) is 29.8 Å². The average Bonchev–Trinajstić information content (AvgIpc) is 1.68. The molecule has 14 aromatic rings. The first-order valence-corrected chi connectivity index (χ1v) is 38.1. The molecule has 0 bridgehead atoms. The number of ether oxygens (including phenoxy) is 4. The molecule has 32 heteroatoms. The van der Waals surface area contributed by atoms with Crippen LogP contribution in [0.2, 0.25) is 0 Å². The van der Waals surface area contributed by atoms with Gasteiger partial charge in [-0.25, -0.2) is 19.0 Å². The van der Waals surface area contributed by atoms with E-state index >= 15 is 0 Å². The number of carboxylic acids is 1. The molecule has 0 spiro atoms. The molecular weight excluding hydrogens is 1590 g/mol. The molecule has 0 radical (unpaired) electrons. The van der Waals surface area contributed by atoms with Crippen LogP contribution in [0.3, 0.4) is 0 Å². The Kier molecular flexibility index (Phi) is 36.9. The van der Waals surface area contributed by atoms with Crippen LogP contribution >= 0.6 is 0 Å². The summed E-state index contributed by atoms with van der Waals surface area (Å²) in [6.45, 7) is 15.9. The third-order valence-electron chi connectivity index (χ3n) is 16.7. The minimum atomic E-state index is -1.09. The van der Waals surface area contributed by atoms with E-state index in [1.54, 1.807) is 177 Å². The number of methoxy groups -OCH3 is 1. The standard InChI is InChI=1S/C16H17N3O2.C15H18N2O3.C15H16N2O3.C12H10N4O.C12H12N2O2.C11H9N3.C11H10N2O2.Na/c1-16(2,3)21-15(20)19-11-13(10-14(19)4-7-17)12-5-8-18-9-6-12;2*1-15(2,3)20-14(19)17-9-12(8-13(17)10-18)11-4-6-16-7-5-11;13-8-16-12(17)6-11-5-10(7-15-11)9-1-3-14-4-2-9;1-16-12(15)7-11-6-10(8-14-11)9-2-4-13-5-3-9;12-4-1-11-7-10(8-14-11)9-2-5-13-6-3-9;14-11(15)6-10-5-9(7-13-10)8-1-3-12-4-2-8;/h5-6,8-11H,4H2,1-3H3;4-9,18H,10H2,1-3H3;4-10H,1-3H3;1-5,7,15H,6H2,(H,16,17);2-6,8,14H,7H2,1H3;2-3,5-8,14H,1H2;1-5,7,13H,6H2,(H,14,15);/q;;;;;;;+1/p-1. The van der Waals surface area contributed by atoms with E-state index < -0.39 is 41.1 Å². The molecule has 0 aliphatic rings. The Labute approximate surface area is 738 Å². The predicted octanol–water partition coefficient (Wildman–Crippen LogP) is 11.9. The molecule has 0 unspecified atom stereocenters. The van der Waals surface area contributed by atoms with Crippen LogP contribution in [-0.2, 0) is 72.0 Å². The van der Waals surface area contributed by atoms with Crippen molar-refractivity contribution in [2.24, 2.45) is 0 Å². The Morgan fingerprint density at radius 1 is 0.411 bits per heavy atom. The number of H-pyrrole nitrogens is 4. The van der Waals surface area contributed by atoms with Crippen molar-refractivity contribution in [3.8, 4) is 96.2 Å². The van der Waals surface area contributed by atoms with Crippen molar-refractivity contribution >= 4 is 42.4 Å². The van der Waals surface area contributed by atoms with E-state index in [1.165, 1.54) is 20.8 Å². The summed E-state index contributed by atoms with van der Waals surface area (Å²) in [5.41, 5.74) is 16.3. The number of amides is 1. The second kappa shape index (κ2) is 47.7. The number of nitrogens with zero attached hydrogens (tertiary/aromatic N) is 13. The fourth-order valence-electron chi connectivity index (χ4n) is 11.2. The number of aromatic nitrogens is 14. The van der Waals surface area contributed by atoms with Gasteiger partial charge >= 0.3 is 53.8 Å². The van der Waals surface area contributed by atoms with Crippen molar-refractivity contribution in [2.75, 3.05) is 7.11 Å². The van der Waals surface area contributed by atoms with Crippen LogP contribution in [0.5, 0.6) is 0 Å². The van der Waals surface area contributed by atoms with Gasteiger partial charge in [0.05, 0.1) is 62.9 Å². The van der Waals surface area contributed by atoms with Crippen LogP contribution in [0, 0.1) is 34.1 Å². The van der Waals surface area contributed by atoms with Gasteiger partial charge in [-0.2, -0.15) is 15.8 Å². The molecule has 0 aliphatic carbocycles. The second-order valence-corrected chi connectivity index (χ2v) is 29.5. The Bertz CT molecular complexity index is 5870. The number of hydrogen-bond acceptors (Lipinski definition) is 23. The van der Waals surface area contributed by atoms with Crippen molar-refractivity contribution in [3.05, 3.63) is 297 Å². The van der Waals surface area contributed by atoms with E-state index in [0.717, 1.165) is 95.0 Å². The maximum atomic E-state index is 12.2. The topological polar surface area (TPSA) is 451 Å². The molecule has 0 fully saturated rings. The number of aromatic amines is 4. The number of pyridine rings is 7. The number of carbonyl (C=O) groups is 7. The molecule has 14 rings (SSSR count). The molecule has 0 saturated carbocycles. The SMILES string of the molecule is CC(C)(C)OC(=O)n1cc(-c2ccncc2)cc1C=O.CC(C)(C)OC(=O)n1cc(-c2ccncc2)cc1CC#N.CC(C)(C)OC(=O)n1cc(-c2ccncc2)cc1CO.COC(=O)Cc1cc(-c2ccncc2)c[nH]1.N#CCc1cc(-c2ccncc2)c[nH]1.N#CNC(=O)Cc1cc(-c2ccncc2)c[nH]1.O=C([O-])Cc1cc(-c2ccncc2)c[nH]1.[Na+]. The van der Waals surface area contributed by atoms with Crippen molar-refractivity contribution in [1.82, 2.24) is 73.8 Å². The van der Waals surface area contributed by atoms with Gasteiger partial charge in [0.2, 0.25) is 5.91 Å². The average molecular weight is 1680 g/mol. The smallest absolute Gasteiger partial charge is 0.550 e. The zero-order valence-electron chi connectivity index (χ0n) is 70.2. The predicted molar refractivity (Wildman–Crippen MR) is 456 cm³/mol. The van der Waals surface area contributed by atoms with Crippen molar-refractivity contribution in [3.63, 3.8) is 0 Å². The van der Waals surface area contributed by atoms with Crippen LogP contribution in [0.15, 0.2) is 258 Å². The molecule has 6 N–H and O–H groups in total. The number of carboxylic acid groups (broad SMARTS) is 1. The number of nitriles is 3. The minimum absolute atomic E-state index is 0. The molecule has 124 heavy (non-hydrogen) atoms. The van der Waals surface area contributed by atoms with Gasteiger partial charge in [-0.1, -0.05) is 0 Å². The Balaban J connectivity index is 0.000000199. The zero-order chi connectivity index (χ0) is 88.9. The number of esters is 1. The first-order chi connectivity index (χ1) is 58.9. The summed E-state index contributed by atoms with van der Waals surface area (Å²) in [4.78, 5) is 120. The molecule has 0 atom stereocenters. The number of aliphatic hydroxyl groups excluding tert-OH is 1. The Morgan fingerprint density at radius 3 is 1.02 bits per heavy atom. The quantitative estimate of drug-likeness (QED) is 0.0123. The van der Waals surface area contributed by atoms with E-state index in [9.17, 15) is 43.8 Å². The van der Waals surface area contributed by atoms with Gasteiger partial charge < -0.3 is 53.9 Å². The molecule has 0 saturated heterocycles. The molecule has 14 heterocycles. The minimum Gasteiger partial charge on any atom is -0.550 e. The third kappa shape index (κ3) is 31.6. The second-order valence-electron chi connectivity index (χ2n) is 29.5. The van der Waals surface area contributed by atoms with Crippen LogP contribution in [-0.4, -0.2) is 140 Å². The Hall–Kier alpha value is -15.1. The van der Waals surface area contributed by atoms with Gasteiger partial charge in [-0.15, -0.1) is 0 Å². The number of aliphatic hydroxyl groups is 1. The number of hydrogen-bond donors (Lipinski definition) is 6. The van der Waals surface area contributed by atoms with Crippen molar-refractivity contribution in [2.45, 2.75) is 118 Å².